The van der Waals surface area contributed by atoms with Crippen molar-refractivity contribution < 1.29 is 42.7 Å². The summed E-state index contributed by atoms with van der Waals surface area (Å²) in [7, 11) is -4.61. The van der Waals surface area contributed by atoms with Crippen LogP contribution in [0.4, 0.5) is 0 Å². The minimum atomic E-state index is -4.61. The van der Waals surface area contributed by atoms with E-state index in [0.717, 1.165) is 38.5 Å². The fourth-order valence-electron chi connectivity index (χ4n) is 7.14. The maximum atomic E-state index is 12.7. The predicted molar refractivity (Wildman–Crippen MR) is 236 cm³/mol. The van der Waals surface area contributed by atoms with E-state index in [1.165, 1.54) is 186 Å². The molecular formula is C46H92NO9P. The highest BCUT2D eigenvalue weighted by Crippen LogP contribution is 2.43. The van der Waals surface area contributed by atoms with Crippen molar-refractivity contribution in [2.45, 2.75) is 257 Å². The summed E-state index contributed by atoms with van der Waals surface area (Å²) < 4.78 is 33.5. The predicted octanol–water partition coefficient (Wildman–Crippen LogP) is 13.5. The van der Waals surface area contributed by atoms with Crippen molar-refractivity contribution in [3.63, 3.8) is 0 Å². The van der Waals surface area contributed by atoms with Crippen LogP contribution in [0.2, 0.25) is 0 Å². The summed E-state index contributed by atoms with van der Waals surface area (Å²) in [5.74, 6) is -1.76. The van der Waals surface area contributed by atoms with Gasteiger partial charge in [0, 0.05) is 13.0 Å². The molecule has 0 spiro atoms. The minimum Gasteiger partial charge on any atom is -0.480 e. The highest BCUT2D eigenvalue weighted by atomic mass is 31.2. The summed E-state index contributed by atoms with van der Waals surface area (Å²) in [4.78, 5) is 33.6. The zero-order valence-electron chi connectivity index (χ0n) is 37.2. The van der Waals surface area contributed by atoms with Gasteiger partial charge >= 0.3 is 19.8 Å². The van der Waals surface area contributed by atoms with Crippen molar-refractivity contribution in [3.8, 4) is 0 Å². The average molecular weight is 834 g/mol. The smallest absolute Gasteiger partial charge is 0.472 e. The van der Waals surface area contributed by atoms with Crippen LogP contribution in [0.25, 0.3) is 0 Å². The summed E-state index contributed by atoms with van der Waals surface area (Å²) in [6.45, 7) is 3.95. The quantitative estimate of drug-likeness (QED) is 0.0306. The molecule has 0 aliphatic carbocycles. The molecule has 0 radical (unpaired) electrons. The molecule has 0 amide bonds. The molecule has 0 saturated heterocycles. The number of unbranched alkanes of at least 4 members (excludes halogenated alkanes) is 33. The Morgan fingerprint density at radius 2 is 0.807 bits per heavy atom. The first-order valence-corrected chi connectivity index (χ1v) is 25.6. The van der Waals surface area contributed by atoms with Crippen LogP contribution in [0.5, 0.6) is 0 Å². The molecule has 340 valence electrons. The highest BCUT2D eigenvalue weighted by molar-refractivity contribution is 7.47. The van der Waals surface area contributed by atoms with Crippen molar-refractivity contribution in [1.82, 2.24) is 0 Å². The van der Waals surface area contributed by atoms with Crippen molar-refractivity contribution in [1.29, 1.82) is 0 Å². The summed E-state index contributed by atoms with van der Waals surface area (Å²) in [5.41, 5.74) is 5.37. The molecule has 0 aromatic heterocycles. The van der Waals surface area contributed by atoms with Gasteiger partial charge in [0.2, 0.25) is 0 Å². The third-order valence-electron chi connectivity index (χ3n) is 10.9. The Morgan fingerprint density at radius 1 is 0.491 bits per heavy atom. The van der Waals surface area contributed by atoms with E-state index in [2.05, 4.69) is 13.8 Å². The average Bonchev–Trinajstić information content (AvgIpc) is 3.19. The van der Waals surface area contributed by atoms with E-state index in [-0.39, 0.29) is 13.0 Å². The van der Waals surface area contributed by atoms with Crippen LogP contribution >= 0.6 is 7.82 Å². The molecule has 10 nitrogen and oxygen atoms in total. The van der Waals surface area contributed by atoms with Crippen LogP contribution in [0.15, 0.2) is 0 Å². The Morgan fingerprint density at radius 3 is 1.16 bits per heavy atom. The van der Waals surface area contributed by atoms with Gasteiger partial charge in [-0.05, 0) is 12.8 Å². The molecule has 0 aliphatic heterocycles. The zero-order chi connectivity index (χ0) is 41.9. The third kappa shape index (κ3) is 42.9. The van der Waals surface area contributed by atoms with E-state index < -0.39 is 45.1 Å². The largest absolute Gasteiger partial charge is 0.480 e. The number of carboxylic acid groups (broad SMARTS) is 1. The molecule has 57 heavy (non-hydrogen) atoms. The molecule has 0 aliphatic rings. The van der Waals surface area contributed by atoms with Gasteiger partial charge in [-0.1, -0.05) is 226 Å². The third-order valence-corrected chi connectivity index (χ3v) is 11.8. The lowest BCUT2D eigenvalue weighted by Crippen LogP contribution is -2.34. The van der Waals surface area contributed by atoms with Crippen molar-refractivity contribution in [2.75, 3.05) is 26.4 Å². The van der Waals surface area contributed by atoms with Crippen LogP contribution in [-0.2, 0) is 32.7 Å². The number of hydrogen-bond donors (Lipinski definition) is 3. The van der Waals surface area contributed by atoms with Gasteiger partial charge in [-0.25, -0.2) is 4.57 Å². The van der Waals surface area contributed by atoms with Gasteiger partial charge in [0.25, 0.3) is 0 Å². The van der Waals surface area contributed by atoms with Crippen molar-refractivity contribution in [3.05, 3.63) is 0 Å². The molecule has 0 heterocycles. The number of ether oxygens (including phenoxy) is 2. The molecule has 0 bridgehead atoms. The highest BCUT2D eigenvalue weighted by Gasteiger charge is 2.27. The standard InChI is InChI=1S/C46H92NO9P/c1-3-5-7-9-11-13-15-17-19-21-23-25-27-29-31-33-35-37-39-53-40-43(41-54-57(51,52)55-42-44(47)46(49)50)56-45(48)38-36-34-32-30-28-26-24-22-20-18-16-14-12-10-8-6-4-2/h43-44H,3-42,47H2,1-2H3,(H,49,50)(H,51,52)/t43-,44+/m1/s1. The lowest BCUT2D eigenvalue weighted by atomic mass is 10.0. The molecule has 4 N–H and O–H groups in total. The van der Waals surface area contributed by atoms with Gasteiger partial charge in [-0.3, -0.25) is 18.6 Å². The van der Waals surface area contributed by atoms with Gasteiger partial charge in [-0.2, -0.15) is 0 Å². The number of nitrogens with two attached hydrogens (primary N) is 1. The van der Waals surface area contributed by atoms with E-state index >= 15 is 0 Å². The first kappa shape index (κ1) is 56.0. The minimum absolute atomic E-state index is 0.0262. The van der Waals surface area contributed by atoms with Crippen LogP contribution in [0, 0.1) is 0 Å². The van der Waals surface area contributed by atoms with E-state index in [9.17, 15) is 19.0 Å². The fraction of sp³-hybridized carbons (Fsp3) is 0.957. The van der Waals surface area contributed by atoms with Gasteiger partial charge in [0.1, 0.15) is 12.1 Å². The van der Waals surface area contributed by atoms with E-state index in [4.69, 9.17) is 29.4 Å². The molecule has 0 saturated carbocycles. The maximum Gasteiger partial charge on any atom is 0.472 e. The molecular weight excluding hydrogens is 741 g/mol. The molecule has 11 heteroatoms. The number of hydrogen-bond acceptors (Lipinski definition) is 8. The van der Waals surface area contributed by atoms with Gasteiger partial charge in [-0.15, -0.1) is 0 Å². The van der Waals surface area contributed by atoms with Crippen LogP contribution in [-0.4, -0.2) is 60.5 Å². The van der Waals surface area contributed by atoms with Gasteiger partial charge < -0.3 is 25.2 Å². The Hall–Kier alpha value is -1.03. The normalized spacial score (nSPS) is 13.8. The number of carbonyl (C=O) groups excluding carboxylic acids is 1. The number of aliphatic carboxylic acids is 1. The molecule has 0 rings (SSSR count). The molecule has 0 fully saturated rings. The molecule has 1 unspecified atom stereocenters. The summed E-state index contributed by atoms with van der Waals surface area (Å²) >= 11 is 0. The Bertz CT molecular complexity index is 924. The number of esters is 1. The summed E-state index contributed by atoms with van der Waals surface area (Å²) in [6.07, 6.45) is 44.4. The van der Waals surface area contributed by atoms with Crippen molar-refractivity contribution in [2.24, 2.45) is 5.73 Å². The number of carbonyl (C=O) groups is 2. The van der Waals surface area contributed by atoms with Gasteiger partial charge in [0.15, 0.2) is 0 Å². The number of phosphoric ester groups is 1. The number of rotatable bonds is 47. The molecule has 0 aromatic rings. The second kappa shape index (κ2) is 43.1. The number of carboxylic acids is 1. The SMILES string of the molecule is CCCCCCCCCCCCCCCCCCCCOC[C@H](COP(=O)(O)OC[C@H](N)C(=O)O)OC(=O)CCCCCCCCCCCCCCCCCCC. The lowest BCUT2D eigenvalue weighted by Gasteiger charge is -2.20. The first-order chi connectivity index (χ1) is 27.7. The van der Waals surface area contributed by atoms with E-state index in [0.29, 0.717) is 6.61 Å². The first-order valence-electron chi connectivity index (χ1n) is 24.1. The summed E-state index contributed by atoms with van der Waals surface area (Å²) in [5, 5.41) is 8.91. The zero-order valence-corrected chi connectivity index (χ0v) is 38.1. The lowest BCUT2D eigenvalue weighted by molar-refractivity contribution is -0.154. The van der Waals surface area contributed by atoms with Crippen LogP contribution in [0.1, 0.15) is 245 Å². The Labute approximate surface area is 350 Å². The summed E-state index contributed by atoms with van der Waals surface area (Å²) in [6, 6.07) is -1.47. The van der Waals surface area contributed by atoms with Crippen LogP contribution < -0.4 is 5.73 Å². The maximum absolute atomic E-state index is 12.7. The van der Waals surface area contributed by atoms with Crippen LogP contribution in [0.3, 0.4) is 0 Å². The number of phosphoric acid groups is 1. The second-order valence-electron chi connectivity index (χ2n) is 16.6. The Kier molecular flexibility index (Phi) is 42.3. The van der Waals surface area contributed by atoms with Gasteiger partial charge in [0.05, 0.1) is 19.8 Å². The monoisotopic (exact) mass is 834 g/mol. The Balaban J connectivity index is 4.12. The second-order valence-corrected chi connectivity index (χ2v) is 18.1. The molecule has 3 atom stereocenters. The topological polar surface area (TPSA) is 155 Å². The van der Waals surface area contributed by atoms with E-state index in [1.54, 1.807) is 0 Å². The van der Waals surface area contributed by atoms with E-state index in [1.807, 2.05) is 0 Å². The molecule has 0 aromatic carbocycles. The van der Waals surface area contributed by atoms with Crippen molar-refractivity contribution >= 4 is 19.8 Å². The fourth-order valence-corrected chi connectivity index (χ4v) is 7.91.